The standard InChI is InChI=1S/C13H21ClN2/c1-4-13(5-2,10-14)15-9-12-8-6-7-11(3)16-12/h6-8,15H,4-5,9-10H2,1-3H3. The number of rotatable bonds is 6. The van der Waals surface area contributed by atoms with E-state index in [0.717, 1.165) is 30.8 Å². The summed E-state index contributed by atoms with van der Waals surface area (Å²) in [5.74, 6) is 0.645. The van der Waals surface area contributed by atoms with Crippen molar-refractivity contribution in [3.8, 4) is 0 Å². The highest BCUT2D eigenvalue weighted by Gasteiger charge is 2.23. The highest BCUT2D eigenvalue weighted by Crippen LogP contribution is 2.17. The Labute approximate surface area is 103 Å². The van der Waals surface area contributed by atoms with E-state index in [1.165, 1.54) is 0 Å². The van der Waals surface area contributed by atoms with Gasteiger partial charge in [0, 0.05) is 23.7 Å². The van der Waals surface area contributed by atoms with Crippen LogP contribution >= 0.6 is 11.6 Å². The van der Waals surface area contributed by atoms with E-state index in [0.29, 0.717) is 5.88 Å². The van der Waals surface area contributed by atoms with Gasteiger partial charge in [0.2, 0.25) is 0 Å². The lowest BCUT2D eigenvalue weighted by atomic mass is 9.95. The number of nitrogens with one attached hydrogen (secondary N) is 1. The van der Waals surface area contributed by atoms with Crippen molar-refractivity contribution in [1.82, 2.24) is 10.3 Å². The van der Waals surface area contributed by atoms with Gasteiger partial charge in [-0.2, -0.15) is 0 Å². The van der Waals surface area contributed by atoms with Crippen molar-refractivity contribution < 1.29 is 0 Å². The van der Waals surface area contributed by atoms with Gasteiger partial charge in [0.05, 0.1) is 5.69 Å². The van der Waals surface area contributed by atoms with Crippen molar-refractivity contribution in [1.29, 1.82) is 0 Å². The number of halogens is 1. The molecule has 0 aromatic carbocycles. The van der Waals surface area contributed by atoms with Gasteiger partial charge in [0.1, 0.15) is 0 Å². The summed E-state index contributed by atoms with van der Waals surface area (Å²) < 4.78 is 0. The number of alkyl halides is 1. The van der Waals surface area contributed by atoms with Crippen LogP contribution in [0.4, 0.5) is 0 Å². The third-order valence-electron chi connectivity index (χ3n) is 3.20. The lowest BCUT2D eigenvalue weighted by molar-refractivity contribution is 0.332. The summed E-state index contributed by atoms with van der Waals surface area (Å²) in [7, 11) is 0. The quantitative estimate of drug-likeness (QED) is 0.772. The maximum absolute atomic E-state index is 6.04. The normalized spacial score (nSPS) is 11.8. The largest absolute Gasteiger partial charge is 0.304 e. The summed E-state index contributed by atoms with van der Waals surface area (Å²) in [6.45, 7) is 7.14. The first-order valence-electron chi connectivity index (χ1n) is 5.89. The summed E-state index contributed by atoms with van der Waals surface area (Å²) in [6, 6.07) is 6.10. The molecule has 1 N–H and O–H groups in total. The Hall–Kier alpha value is -0.600. The number of hydrogen-bond acceptors (Lipinski definition) is 2. The van der Waals surface area contributed by atoms with E-state index < -0.39 is 0 Å². The monoisotopic (exact) mass is 240 g/mol. The molecule has 2 nitrogen and oxygen atoms in total. The molecule has 1 heterocycles. The Morgan fingerprint density at radius 1 is 1.31 bits per heavy atom. The molecule has 0 aliphatic carbocycles. The topological polar surface area (TPSA) is 24.9 Å². The van der Waals surface area contributed by atoms with Gasteiger partial charge in [0.15, 0.2) is 0 Å². The lowest BCUT2D eigenvalue weighted by Crippen LogP contribution is -2.45. The Kier molecular flexibility index (Phi) is 5.23. The Morgan fingerprint density at radius 2 is 2.00 bits per heavy atom. The van der Waals surface area contributed by atoms with Crippen LogP contribution in [0.2, 0.25) is 0 Å². The molecule has 1 rings (SSSR count). The molecule has 1 aromatic heterocycles. The van der Waals surface area contributed by atoms with Gasteiger partial charge in [-0.15, -0.1) is 11.6 Å². The van der Waals surface area contributed by atoms with E-state index in [1.807, 2.05) is 25.1 Å². The van der Waals surface area contributed by atoms with Gasteiger partial charge in [-0.3, -0.25) is 4.98 Å². The number of aromatic nitrogens is 1. The van der Waals surface area contributed by atoms with Crippen molar-refractivity contribution in [2.24, 2.45) is 0 Å². The van der Waals surface area contributed by atoms with Crippen molar-refractivity contribution in [2.75, 3.05) is 5.88 Å². The Bertz CT molecular complexity index is 313. The van der Waals surface area contributed by atoms with Gasteiger partial charge in [-0.05, 0) is 31.9 Å². The van der Waals surface area contributed by atoms with Crippen LogP contribution in [0.1, 0.15) is 38.1 Å². The average molecular weight is 241 g/mol. The predicted octanol–water partition coefficient (Wildman–Crippen LogP) is 3.28. The van der Waals surface area contributed by atoms with E-state index in [4.69, 9.17) is 11.6 Å². The third-order valence-corrected chi connectivity index (χ3v) is 3.71. The van der Waals surface area contributed by atoms with E-state index in [1.54, 1.807) is 0 Å². The number of nitrogens with zero attached hydrogens (tertiary/aromatic N) is 1. The molecular weight excluding hydrogens is 220 g/mol. The zero-order valence-electron chi connectivity index (χ0n) is 10.4. The molecule has 0 unspecified atom stereocenters. The molecule has 0 bridgehead atoms. The fraction of sp³-hybridized carbons (Fsp3) is 0.615. The first-order valence-corrected chi connectivity index (χ1v) is 6.42. The highest BCUT2D eigenvalue weighted by atomic mass is 35.5. The van der Waals surface area contributed by atoms with Gasteiger partial charge in [-0.25, -0.2) is 0 Å². The maximum atomic E-state index is 6.04. The molecule has 0 atom stereocenters. The summed E-state index contributed by atoms with van der Waals surface area (Å²) in [6.07, 6.45) is 2.08. The number of hydrogen-bond donors (Lipinski definition) is 1. The molecule has 0 saturated heterocycles. The maximum Gasteiger partial charge on any atom is 0.0545 e. The molecule has 3 heteroatoms. The second kappa shape index (κ2) is 6.21. The average Bonchev–Trinajstić information content (AvgIpc) is 2.32. The molecule has 0 fully saturated rings. The molecule has 16 heavy (non-hydrogen) atoms. The van der Waals surface area contributed by atoms with E-state index in [9.17, 15) is 0 Å². The molecule has 0 amide bonds. The number of pyridine rings is 1. The predicted molar refractivity (Wildman–Crippen MR) is 69.8 cm³/mol. The van der Waals surface area contributed by atoms with Crippen molar-refractivity contribution in [2.45, 2.75) is 45.7 Å². The molecule has 0 aliphatic heterocycles. The second-order valence-electron chi connectivity index (χ2n) is 4.24. The lowest BCUT2D eigenvalue weighted by Gasteiger charge is -2.30. The molecule has 1 aromatic rings. The summed E-state index contributed by atoms with van der Waals surface area (Å²) in [5, 5.41) is 3.53. The van der Waals surface area contributed by atoms with E-state index >= 15 is 0 Å². The first-order chi connectivity index (χ1) is 7.65. The zero-order valence-corrected chi connectivity index (χ0v) is 11.1. The Morgan fingerprint density at radius 3 is 2.50 bits per heavy atom. The van der Waals surface area contributed by atoms with Crippen molar-refractivity contribution >= 4 is 11.6 Å². The van der Waals surface area contributed by atoms with Gasteiger partial charge < -0.3 is 5.32 Å². The van der Waals surface area contributed by atoms with Crippen LogP contribution < -0.4 is 5.32 Å². The SMILES string of the molecule is CCC(CC)(CCl)NCc1cccc(C)n1. The molecule has 0 aliphatic rings. The third kappa shape index (κ3) is 3.46. The molecule has 0 spiro atoms. The molecule has 0 saturated carbocycles. The summed E-state index contributed by atoms with van der Waals surface area (Å²) >= 11 is 6.04. The smallest absolute Gasteiger partial charge is 0.0545 e. The van der Waals surface area contributed by atoms with Crippen LogP contribution in [0.15, 0.2) is 18.2 Å². The molecular formula is C13H21ClN2. The van der Waals surface area contributed by atoms with Gasteiger partial charge in [0.25, 0.3) is 0 Å². The minimum absolute atomic E-state index is 0.0486. The first kappa shape index (κ1) is 13.5. The highest BCUT2D eigenvalue weighted by molar-refractivity contribution is 6.18. The fourth-order valence-corrected chi connectivity index (χ4v) is 2.18. The van der Waals surface area contributed by atoms with Crippen LogP contribution in [-0.2, 0) is 6.54 Å². The van der Waals surface area contributed by atoms with Crippen LogP contribution in [0, 0.1) is 6.92 Å². The van der Waals surface area contributed by atoms with Crippen molar-refractivity contribution in [3.63, 3.8) is 0 Å². The van der Waals surface area contributed by atoms with E-state index in [2.05, 4.69) is 24.1 Å². The minimum atomic E-state index is 0.0486. The summed E-state index contributed by atoms with van der Waals surface area (Å²) in [5.41, 5.74) is 2.19. The minimum Gasteiger partial charge on any atom is -0.304 e. The number of aryl methyl sites for hydroxylation is 1. The fourth-order valence-electron chi connectivity index (χ4n) is 1.71. The van der Waals surface area contributed by atoms with E-state index in [-0.39, 0.29) is 5.54 Å². The van der Waals surface area contributed by atoms with Crippen LogP contribution in [0.3, 0.4) is 0 Å². The second-order valence-corrected chi connectivity index (χ2v) is 4.51. The van der Waals surface area contributed by atoms with Crippen LogP contribution in [0.25, 0.3) is 0 Å². The molecule has 90 valence electrons. The van der Waals surface area contributed by atoms with Crippen molar-refractivity contribution in [3.05, 3.63) is 29.6 Å². The Balaban J connectivity index is 2.62. The van der Waals surface area contributed by atoms with Gasteiger partial charge >= 0.3 is 0 Å². The van der Waals surface area contributed by atoms with Crippen LogP contribution in [0.5, 0.6) is 0 Å². The zero-order chi connectivity index (χ0) is 12.0. The molecule has 0 radical (unpaired) electrons. The van der Waals surface area contributed by atoms with Gasteiger partial charge in [-0.1, -0.05) is 19.9 Å². The van der Waals surface area contributed by atoms with Crippen LogP contribution in [-0.4, -0.2) is 16.4 Å². The summed E-state index contributed by atoms with van der Waals surface area (Å²) in [4.78, 5) is 4.47.